The van der Waals surface area contributed by atoms with Crippen molar-refractivity contribution < 1.29 is 15.3 Å². The molecule has 4 aliphatic rings. The van der Waals surface area contributed by atoms with Crippen LogP contribution in [0.15, 0.2) is 23.8 Å². The van der Waals surface area contributed by atoms with Gasteiger partial charge in [0.2, 0.25) is 0 Å². The summed E-state index contributed by atoms with van der Waals surface area (Å²) >= 11 is 0. The fraction of sp³-hybridized carbons (Fsp3) is 0.857. The van der Waals surface area contributed by atoms with Crippen molar-refractivity contribution in [2.24, 2.45) is 46.3 Å². The lowest BCUT2D eigenvalue weighted by atomic mass is 9.46. The van der Waals surface area contributed by atoms with Crippen LogP contribution in [0.5, 0.6) is 0 Å². The second kappa shape index (κ2) is 8.61. The molecule has 2 N–H and O–H groups in total. The maximum absolute atomic E-state index is 10.3. The first-order chi connectivity index (χ1) is 14.6. The van der Waals surface area contributed by atoms with Crippen LogP contribution in [-0.4, -0.2) is 22.6 Å². The van der Waals surface area contributed by atoms with E-state index in [9.17, 15) is 10.4 Å². The number of aliphatic hydroxyl groups excluding tert-OH is 1. The van der Waals surface area contributed by atoms with Gasteiger partial charge in [0.05, 0.1) is 6.10 Å². The van der Waals surface area contributed by atoms with Crippen LogP contribution in [0.1, 0.15) is 92.4 Å². The molecule has 4 aliphatic carbocycles. The predicted octanol–water partition coefficient (Wildman–Crippen LogP) is 7.02. The Morgan fingerprint density at radius 2 is 1.87 bits per heavy atom. The van der Waals surface area contributed by atoms with E-state index in [1.54, 1.807) is 0 Å². The highest BCUT2D eigenvalue weighted by molar-refractivity contribution is 5.28. The minimum Gasteiger partial charge on any atom is -0.393 e. The average Bonchev–Trinajstić information content (AvgIpc) is 3.09. The van der Waals surface area contributed by atoms with E-state index in [2.05, 4.69) is 47.3 Å². The topological polar surface area (TPSA) is 49.7 Å². The fourth-order valence-electron chi connectivity index (χ4n) is 8.58. The highest BCUT2D eigenvalue weighted by atomic mass is 17.1. The molecule has 176 valence electrons. The van der Waals surface area contributed by atoms with Gasteiger partial charge in [-0.25, -0.2) is 4.89 Å². The third-order valence-corrected chi connectivity index (χ3v) is 10.7. The third kappa shape index (κ3) is 3.87. The number of aliphatic hydroxyl groups is 1. The summed E-state index contributed by atoms with van der Waals surface area (Å²) in [5.74, 6) is 3.62. The standard InChI is InChI=1S/C28H46O3/c1-17(2)18(3)7-8-19(4)22-9-10-23-26-24(12-14-28(22,23)6)27(5)13-11-21(29)15-20(27)16-25(26)31-30/h16-17,19,21-26,29-30H,3,7-15H2,1-2,4-6H3. The molecular weight excluding hydrogens is 384 g/mol. The second-order valence-corrected chi connectivity index (χ2v) is 12.4. The van der Waals surface area contributed by atoms with Gasteiger partial charge < -0.3 is 5.11 Å². The lowest BCUT2D eigenvalue weighted by Gasteiger charge is -2.59. The number of hydrogen-bond acceptors (Lipinski definition) is 3. The maximum Gasteiger partial charge on any atom is 0.114 e. The van der Waals surface area contributed by atoms with Crippen LogP contribution < -0.4 is 0 Å². The molecule has 3 saturated carbocycles. The molecule has 0 bridgehead atoms. The van der Waals surface area contributed by atoms with E-state index in [4.69, 9.17) is 4.89 Å². The summed E-state index contributed by atoms with van der Waals surface area (Å²) in [5.41, 5.74) is 3.23. The predicted molar refractivity (Wildman–Crippen MR) is 126 cm³/mol. The van der Waals surface area contributed by atoms with Crippen molar-refractivity contribution in [2.75, 3.05) is 0 Å². The Morgan fingerprint density at radius 1 is 1.13 bits per heavy atom. The molecule has 0 heterocycles. The van der Waals surface area contributed by atoms with E-state index in [0.29, 0.717) is 35.0 Å². The van der Waals surface area contributed by atoms with Gasteiger partial charge in [0, 0.05) is 0 Å². The lowest BCUT2D eigenvalue weighted by Crippen LogP contribution is -2.55. The minimum absolute atomic E-state index is 0.166. The first-order valence-electron chi connectivity index (χ1n) is 13.0. The second-order valence-electron chi connectivity index (χ2n) is 12.4. The number of fused-ring (bicyclic) bond motifs is 5. The van der Waals surface area contributed by atoms with Crippen molar-refractivity contribution in [3.8, 4) is 0 Å². The van der Waals surface area contributed by atoms with E-state index in [0.717, 1.165) is 31.6 Å². The van der Waals surface area contributed by atoms with Gasteiger partial charge in [0.1, 0.15) is 6.10 Å². The molecule has 9 atom stereocenters. The first kappa shape index (κ1) is 23.5. The maximum atomic E-state index is 10.3. The van der Waals surface area contributed by atoms with Gasteiger partial charge in [-0.15, -0.1) is 0 Å². The smallest absolute Gasteiger partial charge is 0.114 e. The molecule has 3 heteroatoms. The highest BCUT2D eigenvalue weighted by Crippen LogP contribution is 2.67. The monoisotopic (exact) mass is 430 g/mol. The van der Waals surface area contributed by atoms with Crippen LogP contribution >= 0.6 is 0 Å². The summed E-state index contributed by atoms with van der Waals surface area (Å²) in [7, 11) is 0. The summed E-state index contributed by atoms with van der Waals surface area (Å²) in [6.45, 7) is 16.3. The summed E-state index contributed by atoms with van der Waals surface area (Å²) < 4.78 is 0. The Morgan fingerprint density at radius 3 is 2.55 bits per heavy atom. The van der Waals surface area contributed by atoms with Gasteiger partial charge in [-0.3, -0.25) is 5.26 Å². The highest BCUT2D eigenvalue weighted by Gasteiger charge is 2.61. The summed E-state index contributed by atoms with van der Waals surface area (Å²) in [6, 6.07) is 0. The summed E-state index contributed by atoms with van der Waals surface area (Å²) in [5, 5.41) is 20.2. The Kier molecular flexibility index (Phi) is 6.53. The Hall–Kier alpha value is -0.640. The van der Waals surface area contributed by atoms with Crippen molar-refractivity contribution in [2.45, 2.75) is 105 Å². The van der Waals surface area contributed by atoms with Crippen LogP contribution in [-0.2, 0) is 4.89 Å². The van der Waals surface area contributed by atoms with Crippen LogP contribution in [0.2, 0.25) is 0 Å². The molecule has 3 fully saturated rings. The quantitative estimate of drug-likeness (QED) is 0.270. The summed E-state index contributed by atoms with van der Waals surface area (Å²) in [4.78, 5) is 5.17. The van der Waals surface area contributed by atoms with Crippen molar-refractivity contribution >= 4 is 0 Å². The van der Waals surface area contributed by atoms with Gasteiger partial charge in [-0.1, -0.05) is 58.4 Å². The zero-order chi connectivity index (χ0) is 22.6. The Balaban J connectivity index is 1.56. The molecule has 0 saturated heterocycles. The van der Waals surface area contributed by atoms with Crippen molar-refractivity contribution in [3.63, 3.8) is 0 Å². The number of allylic oxidation sites excluding steroid dienone is 1. The lowest BCUT2D eigenvalue weighted by molar-refractivity contribution is -0.296. The summed E-state index contributed by atoms with van der Waals surface area (Å²) in [6.07, 6.45) is 12.0. The third-order valence-electron chi connectivity index (χ3n) is 10.7. The molecule has 0 aromatic carbocycles. The Labute approximate surface area is 190 Å². The molecule has 0 aromatic rings. The van der Waals surface area contributed by atoms with Crippen molar-refractivity contribution in [3.05, 3.63) is 23.8 Å². The van der Waals surface area contributed by atoms with E-state index in [-0.39, 0.29) is 17.6 Å². The van der Waals surface area contributed by atoms with E-state index in [1.165, 1.54) is 43.3 Å². The van der Waals surface area contributed by atoms with Gasteiger partial charge in [-0.2, -0.15) is 0 Å². The normalized spacial score (nSPS) is 45.5. The molecule has 0 spiro atoms. The SMILES string of the molecule is C=C(CCC(C)C1CCC2C3C(OO)C=C4CC(O)CCC4(C)C3CCC12C)C(C)C. The van der Waals surface area contributed by atoms with Crippen LogP contribution in [0.25, 0.3) is 0 Å². The van der Waals surface area contributed by atoms with Gasteiger partial charge in [0.15, 0.2) is 0 Å². The average molecular weight is 431 g/mol. The van der Waals surface area contributed by atoms with E-state index < -0.39 is 0 Å². The molecule has 0 aliphatic heterocycles. The van der Waals surface area contributed by atoms with E-state index >= 15 is 0 Å². The fourth-order valence-corrected chi connectivity index (χ4v) is 8.58. The number of rotatable bonds is 6. The van der Waals surface area contributed by atoms with Gasteiger partial charge >= 0.3 is 0 Å². The molecule has 9 unspecified atom stereocenters. The zero-order valence-electron chi connectivity index (χ0n) is 20.6. The molecular formula is C28H46O3. The van der Waals surface area contributed by atoms with Crippen LogP contribution in [0, 0.1) is 46.3 Å². The minimum atomic E-state index is -0.235. The molecule has 0 aromatic heterocycles. The van der Waals surface area contributed by atoms with Gasteiger partial charge in [-0.05, 0) is 104 Å². The number of hydrogen-bond donors (Lipinski definition) is 2. The van der Waals surface area contributed by atoms with E-state index in [1.807, 2.05) is 0 Å². The van der Waals surface area contributed by atoms with Gasteiger partial charge in [0.25, 0.3) is 0 Å². The van der Waals surface area contributed by atoms with Crippen molar-refractivity contribution in [1.29, 1.82) is 0 Å². The molecule has 3 nitrogen and oxygen atoms in total. The first-order valence-corrected chi connectivity index (χ1v) is 13.0. The van der Waals surface area contributed by atoms with Crippen LogP contribution in [0.3, 0.4) is 0 Å². The molecule has 0 amide bonds. The zero-order valence-corrected chi connectivity index (χ0v) is 20.6. The molecule has 31 heavy (non-hydrogen) atoms. The largest absolute Gasteiger partial charge is 0.393 e. The van der Waals surface area contributed by atoms with Crippen molar-refractivity contribution in [1.82, 2.24) is 0 Å². The molecule has 4 rings (SSSR count). The molecule has 0 radical (unpaired) electrons. The Bertz CT molecular complexity index is 711. The van der Waals surface area contributed by atoms with Crippen LogP contribution in [0.4, 0.5) is 0 Å².